The molecule has 12 N–H and O–H groups in total. The van der Waals surface area contributed by atoms with Gasteiger partial charge in [-0.1, -0.05) is 0 Å². The lowest BCUT2D eigenvalue weighted by Crippen LogP contribution is -2.67. The standard InChI is InChI=1S/C18H31NO16/c19-5-8(23)13(34-18-12(27)10(25)6(21)3(1-20)33-18)14(15(28)29)35-17(5)31-2-4-7(22)9(24)11(26)16(30)32-4/h3-14,16-18,20-27,30H,1-2,19H2,(H,28,29)/t3-,4-,5+,6-,7-,8-,9+,10+,11-,12-,13+,14+,16+,17-,18-/m1/s1. The summed E-state index contributed by atoms with van der Waals surface area (Å²) >= 11 is 0. The third kappa shape index (κ3) is 5.74. The predicted octanol–water partition coefficient (Wildman–Crippen LogP) is -7.51. The lowest BCUT2D eigenvalue weighted by atomic mass is 9.95. The Balaban J connectivity index is 1.68. The fourth-order valence-corrected chi connectivity index (χ4v) is 3.97. The second-order valence-electron chi connectivity index (χ2n) is 8.50. The van der Waals surface area contributed by atoms with Gasteiger partial charge in [0.2, 0.25) is 0 Å². The van der Waals surface area contributed by atoms with Gasteiger partial charge in [0.15, 0.2) is 25.0 Å². The zero-order valence-electron chi connectivity index (χ0n) is 18.1. The Labute approximate surface area is 197 Å². The number of carboxylic acid groups (broad SMARTS) is 1. The zero-order chi connectivity index (χ0) is 26.2. The van der Waals surface area contributed by atoms with Crippen molar-refractivity contribution in [3.8, 4) is 0 Å². The van der Waals surface area contributed by atoms with Crippen molar-refractivity contribution < 1.29 is 79.5 Å². The first-order valence-electron chi connectivity index (χ1n) is 10.7. The molecule has 0 aromatic rings. The molecule has 0 bridgehead atoms. The quantitative estimate of drug-likeness (QED) is 0.149. The zero-order valence-corrected chi connectivity index (χ0v) is 18.1. The van der Waals surface area contributed by atoms with Gasteiger partial charge >= 0.3 is 5.97 Å². The fourth-order valence-electron chi connectivity index (χ4n) is 3.97. The van der Waals surface area contributed by atoms with Crippen molar-refractivity contribution in [1.29, 1.82) is 0 Å². The summed E-state index contributed by atoms with van der Waals surface area (Å²) in [6, 6.07) is -1.48. The fraction of sp³-hybridized carbons (Fsp3) is 0.944. The summed E-state index contributed by atoms with van der Waals surface area (Å²) in [5.41, 5.74) is 5.90. The summed E-state index contributed by atoms with van der Waals surface area (Å²) in [5.74, 6) is -1.65. The van der Waals surface area contributed by atoms with E-state index in [1.54, 1.807) is 0 Å². The number of hydrogen-bond donors (Lipinski definition) is 11. The molecule has 0 saturated carbocycles. The Bertz CT molecular complexity index is 714. The van der Waals surface area contributed by atoms with E-state index < -0.39 is 111 Å². The van der Waals surface area contributed by atoms with Crippen molar-refractivity contribution in [2.75, 3.05) is 13.2 Å². The van der Waals surface area contributed by atoms with E-state index in [1.165, 1.54) is 0 Å². The van der Waals surface area contributed by atoms with Crippen LogP contribution < -0.4 is 5.73 Å². The van der Waals surface area contributed by atoms with Crippen molar-refractivity contribution in [3.05, 3.63) is 0 Å². The number of carboxylic acids is 1. The molecule has 0 aliphatic carbocycles. The van der Waals surface area contributed by atoms with Gasteiger partial charge in [0, 0.05) is 0 Å². The molecule has 3 aliphatic heterocycles. The SMILES string of the molecule is N[C@@H]1[C@H](OC[C@H]2O[C@H](O)[C@H](O)[C@@H](O)[C@@H]2O)O[C@H](C(=O)O)[C@@H](O[C@H]2O[C@H](CO)[C@@H](O)[C@H](O)[C@H]2O)[C@@H]1O. The molecule has 3 heterocycles. The molecule has 3 saturated heterocycles. The number of rotatable bonds is 7. The van der Waals surface area contributed by atoms with Gasteiger partial charge in [0.25, 0.3) is 0 Å². The summed E-state index contributed by atoms with van der Waals surface area (Å²) in [6.45, 7) is -1.39. The summed E-state index contributed by atoms with van der Waals surface area (Å²) < 4.78 is 26.0. The van der Waals surface area contributed by atoms with Gasteiger partial charge in [-0.15, -0.1) is 0 Å². The third-order valence-electron chi connectivity index (χ3n) is 6.12. The molecular formula is C18H31NO16. The van der Waals surface area contributed by atoms with E-state index in [0.29, 0.717) is 0 Å². The summed E-state index contributed by atoms with van der Waals surface area (Å²) in [7, 11) is 0. The number of nitrogens with two attached hydrogens (primary N) is 1. The van der Waals surface area contributed by atoms with Gasteiger partial charge in [-0.2, -0.15) is 0 Å². The lowest BCUT2D eigenvalue weighted by Gasteiger charge is -2.46. The average Bonchev–Trinajstić information content (AvgIpc) is 2.82. The molecule has 0 aromatic carbocycles. The molecule has 204 valence electrons. The van der Waals surface area contributed by atoms with Crippen LogP contribution in [0.1, 0.15) is 0 Å². The number of aliphatic hydroxyl groups excluding tert-OH is 9. The van der Waals surface area contributed by atoms with E-state index in [4.69, 9.17) is 29.4 Å². The highest BCUT2D eigenvalue weighted by molar-refractivity contribution is 5.73. The number of aliphatic carboxylic acids is 1. The average molecular weight is 517 g/mol. The number of hydrogen-bond acceptors (Lipinski definition) is 16. The van der Waals surface area contributed by atoms with Crippen molar-refractivity contribution >= 4 is 5.97 Å². The molecule has 0 radical (unpaired) electrons. The van der Waals surface area contributed by atoms with Crippen LogP contribution in [0.2, 0.25) is 0 Å². The molecule has 0 unspecified atom stereocenters. The maximum Gasteiger partial charge on any atom is 0.335 e. The molecule has 0 spiro atoms. The van der Waals surface area contributed by atoms with Crippen LogP contribution in [0.15, 0.2) is 0 Å². The molecule has 17 nitrogen and oxygen atoms in total. The first-order valence-corrected chi connectivity index (χ1v) is 10.7. The number of carbonyl (C=O) groups is 1. The normalized spacial score (nSPS) is 51.2. The minimum atomic E-state index is -1.96. The highest BCUT2D eigenvalue weighted by atomic mass is 16.7. The molecule has 3 aliphatic rings. The Morgan fingerprint density at radius 2 is 1.34 bits per heavy atom. The molecule has 3 fully saturated rings. The van der Waals surface area contributed by atoms with E-state index >= 15 is 0 Å². The van der Waals surface area contributed by atoms with Gasteiger partial charge in [-0.05, 0) is 0 Å². The van der Waals surface area contributed by atoms with Crippen LogP contribution in [-0.4, -0.2) is 162 Å². The monoisotopic (exact) mass is 517 g/mol. The van der Waals surface area contributed by atoms with Crippen LogP contribution in [0.5, 0.6) is 0 Å². The van der Waals surface area contributed by atoms with Crippen molar-refractivity contribution in [2.24, 2.45) is 5.73 Å². The molecule has 3 rings (SSSR count). The summed E-state index contributed by atoms with van der Waals surface area (Å²) in [6.07, 6.45) is -24.3. The van der Waals surface area contributed by atoms with Gasteiger partial charge in [-0.25, -0.2) is 4.79 Å². The van der Waals surface area contributed by atoms with Gasteiger partial charge in [-0.3, -0.25) is 0 Å². The maximum atomic E-state index is 11.8. The number of ether oxygens (including phenoxy) is 5. The Hall–Kier alpha value is -1.13. The Kier molecular flexibility index (Phi) is 9.35. The minimum Gasteiger partial charge on any atom is -0.479 e. The second kappa shape index (κ2) is 11.5. The molecule has 17 heteroatoms. The summed E-state index contributed by atoms with van der Waals surface area (Å²) in [5, 5.41) is 98.2. The first kappa shape index (κ1) is 28.4. The lowest BCUT2D eigenvalue weighted by molar-refractivity contribution is -0.346. The Morgan fingerprint density at radius 1 is 0.743 bits per heavy atom. The van der Waals surface area contributed by atoms with Crippen molar-refractivity contribution in [1.82, 2.24) is 0 Å². The third-order valence-corrected chi connectivity index (χ3v) is 6.12. The van der Waals surface area contributed by atoms with E-state index in [2.05, 4.69) is 0 Å². The largest absolute Gasteiger partial charge is 0.479 e. The summed E-state index contributed by atoms with van der Waals surface area (Å²) in [4.78, 5) is 11.8. The van der Waals surface area contributed by atoms with Crippen LogP contribution in [0.25, 0.3) is 0 Å². The Morgan fingerprint density at radius 3 is 1.94 bits per heavy atom. The first-order chi connectivity index (χ1) is 16.4. The smallest absolute Gasteiger partial charge is 0.335 e. The van der Waals surface area contributed by atoms with Gasteiger partial charge in [0.05, 0.1) is 19.3 Å². The molecule has 0 amide bonds. The van der Waals surface area contributed by atoms with Gasteiger partial charge < -0.3 is 80.5 Å². The predicted molar refractivity (Wildman–Crippen MR) is 104 cm³/mol. The highest BCUT2D eigenvalue weighted by Gasteiger charge is 2.53. The van der Waals surface area contributed by atoms with Crippen LogP contribution in [0.3, 0.4) is 0 Å². The van der Waals surface area contributed by atoms with Crippen LogP contribution in [0, 0.1) is 0 Å². The number of aliphatic hydroxyl groups is 9. The van der Waals surface area contributed by atoms with Gasteiger partial charge in [0.1, 0.15) is 61.0 Å². The topological polar surface area (TPSA) is 292 Å². The van der Waals surface area contributed by atoms with Crippen molar-refractivity contribution in [2.45, 2.75) is 92.1 Å². The molecular weight excluding hydrogens is 486 g/mol. The van der Waals surface area contributed by atoms with Crippen molar-refractivity contribution in [3.63, 3.8) is 0 Å². The highest BCUT2D eigenvalue weighted by Crippen LogP contribution is 2.30. The molecule has 35 heavy (non-hydrogen) atoms. The van der Waals surface area contributed by atoms with Crippen LogP contribution >= 0.6 is 0 Å². The van der Waals surface area contributed by atoms with Crippen LogP contribution in [-0.2, 0) is 28.5 Å². The van der Waals surface area contributed by atoms with E-state index in [9.17, 15) is 55.9 Å². The van der Waals surface area contributed by atoms with E-state index in [-0.39, 0.29) is 0 Å². The van der Waals surface area contributed by atoms with Crippen LogP contribution in [0.4, 0.5) is 0 Å². The second-order valence-corrected chi connectivity index (χ2v) is 8.50. The molecule has 15 atom stereocenters. The van der Waals surface area contributed by atoms with E-state index in [1.807, 2.05) is 0 Å². The van der Waals surface area contributed by atoms with E-state index in [0.717, 1.165) is 0 Å². The minimum absolute atomic E-state index is 0.613. The maximum absolute atomic E-state index is 11.8. The molecule has 0 aromatic heterocycles.